The highest BCUT2D eigenvalue weighted by molar-refractivity contribution is 6.30. The zero-order valence-electron chi connectivity index (χ0n) is 21.6. The zero-order chi connectivity index (χ0) is 26.5. The predicted molar refractivity (Wildman–Crippen MR) is 147 cm³/mol. The summed E-state index contributed by atoms with van der Waals surface area (Å²) in [7, 11) is 1.67. The van der Waals surface area contributed by atoms with Gasteiger partial charge in [0.25, 0.3) is 11.5 Å². The maximum Gasteiger partial charge on any atom is 0.263 e. The lowest BCUT2D eigenvalue weighted by Crippen LogP contribution is -2.41. The van der Waals surface area contributed by atoms with E-state index in [-0.39, 0.29) is 29.5 Å². The summed E-state index contributed by atoms with van der Waals surface area (Å²) in [5, 5.41) is 0.529. The molecule has 0 unspecified atom stereocenters. The summed E-state index contributed by atoms with van der Waals surface area (Å²) in [5.74, 6) is -0.400. The first-order chi connectivity index (χ1) is 17.7. The number of nitrogens with zero attached hydrogens (tertiary/aromatic N) is 4. The molecule has 0 aliphatic carbocycles. The Bertz CT molecular complexity index is 1340. The van der Waals surface area contributed by atoms with Crippen molar-refractivity contribution >= 4 is 29.1 Å². The van der Waals surface area contributed by atoms with Gasteiger partial charge in [-0.1, -0.05) is 41.9 Å². The van der Waals surface area contributed by atoms with Gasteiger partial charge < -0.3 is 14.4 Å². The number of fused-ring (bicyclic) bond motifs is 1. The minimum Gasteiger partial charge on any atom is -0.333 e. The number of hydrogen-bond donors (Lipinski definition) is 0. The summed E-state index contributed by atoms with van der Waals surface area (Å²) in [6.07, 6.45) is 0.779. The van der Waals surface area contributed by atoms with Crippen LogP contribution in [0.2, 0.25) is 5.02 Å². The first-order valence-corrected chi connectivity index (χ1v) is 12.9. The number of aromatic nitrogens is 1. The molecule has 2 heterocycles. The molecule has 2 amide bonds. The zero-order valence-corrected chi connectivity index (χ0v) is 22.4. The molecular weight excluding hydrogens is 488 g/mol. The van der Waals surface area contributed by atoms with Crippen molar-refractivity contribution in [1.82, 2.24) is 14.4 Å². The molecule has 194 valence electrons. The van der Waals surface area contributed by atoms with Crippen molar-refractivity contribution in [2.75, 3.05) is 31.1 Å². The van der Waals surface area contributed by atoms with Crippen LogP contribution < -0.4 is 10.5 Å². The van der Waals surface area contributed by atoms with E-state index in [9.17, 15) is 14.4 Å². The molecule has 0 atom stereocenters. The predicted octanol–water partition coefficient (Wildman–Crippen LogP) is 4.25. The minimum absolute atomic E-state index is 0.0669. The van der Waals surface area contributed by atoms with Gasteiger partial charge in [0.1, 0.15) is 5.56 Å². The number of anilines is 1. The quantitative estimate of drug-likeness (QED) is 0.518. The molecule has 0 spiro atoms. The third-order valence-corrected chi connectivity index (χ3v) is 7.17. The molecule has 1 aromatic heterocycles. The Kier molecular flexibility index (Phi) is 8.46. The number of aryl methyl sites for hydroxylation is 1. The lowest BCUT2D eigenvalue weighted by Gasteiger charge is -2.28. The molecular formula is C29H33ClN4O3. The highest BCUT2D eigenvalue weighted by atomic mass is 35.5. The van der Waals surface area contributed by atoms with Gasteiger partial charge in [0, 0.05) is 69.6 Å². The van der Waals surface area contributed by atoms with Gasteiger partial charge in [0.15, 0.2) is 0 Å². The number of benzene rings is 2. The molecule has 37 heavy (non-hydrogen) atoms. The molecule has 8 heteroatoms. The van der Waals surface area contributed by atoms with Crippen LogP contribution in [0, 0.1) is 6.92 Å². The standard InChI is InChI=1S/C29H33ClN4O3/c1-21-10-12-26(28(36)31(21)3)29(37)33-17-16-32(19-23-8-5-4-6-9-23)14-7-15-34(22(2)35)27-13-11-25(30)18-24(27)20-33/h4-6,8-13,18H,7,14-17,19-20H2,1-3H3. The van der Waals surface area contributed by atoms with Crippen LogP contribution in [0.1, 0.15) is 40.5 Å². The maximum absolute atomic E-state index is 13.8. The van der Waals surface area contributed by atoms with Crippen molar-refractivity contribution < 1.29 is 9.59 Å². The van der Waals surface area contributed by atoms with Crippen molar-refractivity contribution in [2.24, 2.45) is 7.05 Å². The lowest BCUT2D eigenvalue weighted by atomic mass is 10.1. The Morgan fingerprint density at radius 2 is 1.70 bits per heavy atom. The summed E-state index contributed by atoms with van der Waals surface area (Å²) in [5.41, 5.74) is 3.28. The van der Waals surface area contributed by atoms with Crippen molar-refractivity contribution in [3.63, 3.8) is 0 Å². The van der Waals surface area contributed by atoms with Gasteiger partial charge in [-0.15, -0.1) is 0 Å². The van der Waals surface area contributed by atoms with Crippen molar-refractivity contribution in [3.8, 4) is 0 Å². The number of carbonyl (C=O) groups excluding carboxylic acids is 2. The third kappa shape index (κ3) is 6.29. The van der Waals surface area contributed by atoms with Crippen LogP contribution in [0.3, 0.4) is 0 Å². The fraction of sp³-hybridized carbons (Fsp3) is 0.345. The average Bonchev–Trinajstić information content (AvgIpc) is 2.91. The van der Waals surface area contributed by atoms with Gasteiger partial charge >= 0.3 is 0 Å². The lowest BCUT2D eigenvalue weighted by molar-refractivity contribution is -0.116. The van der Waals surface area contributed by atoms with Gasteiger partial charge in [-0.3, -0.25) is 19.3 Å². The molecule has 0 saturated carbocycles. The molecule has 0 N–H and O–H groups in total. The molecule has 3 aromatic rings. The van der Waals surface area contributed by atoms with Gasteiger partial charge in [-0.05, 0) is 54.8 Å². The van der Waals surface area contributed by atoms with Gasteiger partial charge in [0.05, 0.1) is 0 Å². The second kappa shape index (κ2) is 11.8. The topological polar surface area (TPSA) is 65.9 Å². The molecule has 1 aliphatic rings. The van der Waals surface area contributed by atoms with Crippen LogP contribution in [-0.2, 0) is 24.9 Å². The Labute approximate surface area is 222 Å². The summed E-state index contributed by atoms with van der Waals surface area (Å²) >= 11 is 6.36. The van der Waals surface area contributed by atoms with E-state index in [1.54, 1.807) is 48.0 Å². The summed E-state index contributed by atoms with van der Waals surface area (Å²) < 4.78 is 1.49. The SMILES string of the molecule is CC(=O)N1CCCN(Cc2ccccc2)CCN(C(=O)c2ccc(C)n(C)c2=O)Cc2cc(Cl)ccc21. The van der Waals surface area contributed by atoms with E-state index in [2.05, 4.69) is 17.0 Å². The van der Waals surface area contributed by atoms with E-state index in [0.717, 1.165) is 36.5 Å². The van der Waals surface area contributed by atoms with E-state index in [1.807, 2.05) is 31.2 Å². The number of hydrogen-bond acceptors (Lipinski definition) is 4. The van der Waals surface area contributed by atoms with Gasteiger partial charge in [0.2, 0.25) is 5.91 Å². The molecule has 0 fully saturated rings. The Hall–Kier alpha value is -3.42. The molecule has 7 nitrogen and oxygen atoms in total. The number of halogens is 1. The maximum atomic E-state index is 13.8. The van der Waals surface area contributed by atoms with Crippen LogP contribution >= 0.6 is 11.6 Å². The van der Waals surface area contributed by atoms with Crippen molar-refractivity contribution in [3.05, 3.63) is 98.4 Å². The molecule has 0 radical (unpaired) electrons. The largest absolute Gasteiger partial charge is 0.333 e. The smallest absolute Gasteiger partial charge is 0.263 e. The van der Waals surface area contributed by atoms with Crippen molar-refractivity contribution in [2.45, 2.75) is 33.4 Å². The Balaban J connectivity index is 1.73. The van der Waals surface area contributed by atoms with Crippen LogP contribution in [0.4, 0.5) is 5.69 Å². The van der Waals surface area contributed by atoms with Crippen molar-refractivity contribution in [1.29, 1.82) is 0 Å². The monoisotopic (exact) mass is 520 g/mol. The molecule has 4 rings (SSSR count). The summed E-state index contributed by atoms with van der Waals surface area (Å²) in [6.45, 7) is 6.72. The summed E-state index contributed by atoms with van der Waals surface area (Å²) in [4.78, 5) is 45.2. The fourth-order valence-corrected chi connectivity index (χ4v) is 4.93. The molecule has 2 aromatic carbocycles. The van der Waals surface area contributed by atoms with Gasteiger partial charge in [-0.2, -0.15) is 0 Å². The van der Waals surface area contributed by atoms with E-state index in [4.69, 9.17) is 11.6 Å². The van der Waals surface area contributed by atoms with Crippen LogP contribution in [0.25, 0.3) is 0 Å². The van der Waals surface area contributed by atoms with Crippen LogP contribution in [0.15, 0.2) is 65.5 Å². The number of amides is 2. The highest BCUT2D eigenvalue weighted by Crippen LogP contribution is 2.27. The third-order valence-electron chi connectivity index (χ3n) is 6.94. The molecule has 1 aliphatic heterocycles. The van der Waals surface area contributed by atoms with E-state index >= 15 is 0 Å². The Morgan fingerprint density at radius 3 is 2.43 bits per heavy atom. The first-order valence-electron chi connectivity index (χ1n) is 12.5. The highest BCUT2D eigenvalue weighted by Gasteiger charge is 2.25. The minimum atomic E-state index is -0.334. The molecule has 0 bridgehead atoms. The molecule has 0 saturated heterocycles. The van der Waals surface area contributed by atoms with Crippen LogP contribution in [0.5, 0.6) is 0 Å². The van der Waals surface area contributed by atoms with Crippen LogP contribution in [-0.4, -0.2) is 52.4 Å². The fourth-order valence-electron chi connectivity index (χ4n) is 4.74. The van der Waals surface area contributed by atoms with E-state index in [0.29, 0.717) is 24.7 Å². The van der Waals surface area contributed by atoms with Gasteiger partial charge in [-0.25, -0.2) is 0 Å². The van der Waals surface area contributed by atoms with E-state index < -0.39 is 0 Å². The number of carbonyl (C=O) groups is 2. The van der Waals surface area contributed by atoms with E-state index in [1.165, 1.54) is 10.1 Å². The average molecular weight is 521 g/mol. The normalized spacial score (nSPS) is 15.1. The Morgan fingerprint density at radius 1 is 0.946 bits per heavy atom. The summed E-state index contributed by atoms with van der Waals surface area (Å²) in [6, 6.07) is 19.0. The number of pyridine rings is 1. The second-order valence-corrected chi connectivity index (χ2v) is 9.97. The second-order valence-electron chi connectivity index (χ2n) is 9.54. The number of rotatable bonds is 3. The first kappa shape index (κ1) is 26.6.